The van der Waals surface area contributed by atoms with Gasteiger partial charge in [-0.2, -0.15) is 0 Å². The van der Waals surface area contributed by atoms with E-state index in [4.69, 9.17) is 21.2 Å². The van der Waals surface area contributed by atoms with Crippen molar-refractivity contribution in [3.05, 3.63) is 161 Å². The van der Waals surface area contributed by atoms with Crippen molar-refractivity contribution < 1.29 is 4.74 Å². The summed E-state index contributed by atoms with van der Waals surface area (Å²) in [5.41, 5.74) is 20.2. The van der Waals surface area contributed by atoms with Crippen LogP contribution in [-0.2, 0) is 4.74 Å². The Bertz CT molecular complexity index is 1800. The second kappa shape index (κ2) is 13.2. The third-order valence-electron chi connectivity index (χ3n) is 9.20. The standard InChI is InChI=1S/C40H40N4O/c41-38(45-39(42)35-22-12-20-28-15-10-11-21-34(28)35)33-24-31(27-13-4-1-5-14-27)23-32(25-33)37-26-36(29-16-6-2-7-17-29)43-40(44-37)30-18-8-3-9-19-30/h1-6,8-15,18-23,25-26,29,33,36,38-39H,7,16-17,24,41-42H2,(H,43,44). The van der Waals surface area contributed by atoms with Gasteiger partial charge >= 0.3 is 0 Å². The number of nitrogens with zero attached hydrogens (tertiary/aromatic N) is 1. The minimum Gasteiger partial charge on any atom is -0.341 e. The molecule has 5 N–H and O–H groups in total. The van der Waals surface area contributed by atoms with Gasteiger partial charge in [0.05, 0.1) is 6.04 Å². The lowest BCUT2D eigenvalue weighted by Gasteiger charge is -2.32. The number of hydrogen-bond acceptors (Lipinski definition) is 5. The van der Waals surface area contributed by atoms with Gasteiger partial charge < -0.3 is 21.5 Å². The van der Waals surface area contributed by atoms with Crippen LogP contribution < -0.4 is 16.8 Å². The molecular weight excluding hydrogens is 552 g/mol. The van der Waals surface area contributed by atoms with E-state index in [1.165, 1.54) is 11.1 Å². The summed E-state index contributed by atoms with van der Waals surface area (Å²) in [7, 11) is 0. The number of amidine groups is 1. The zero-order valence-electron chi connectivity index (χ0n) is 25.4. The largest absolute Gasteiger partial charge is 0.341 e. The number of hydrogen-bond donors (Lipinski definition) is 3. The first-order valence-corrected chi connectivity index (χ1v) is 16.0. The molecule has 45 heavy (non-hydrogen) atoms. The first-order chi connectivity index (χ1) is 22.1. The maximum Gasteiger partial charge on any atom is 0.134 e. The molecule has 0 spiro atoms. The minimum absolute atomic E-state index is 0.0842. The van der Waals surface area contributed by atoms with Gasteiger partial charge in [0.15, 0.2) is 0 Å². The van der Waals surface area contributed by atoms with Crippen LogP contribution in [-0.4, -0.2) is 18.1 Å². The van der Waals surface area contributed by atoms with Crippen LogP contribution in [0.15, 0.2) is 150 Å². The van der Waals surface area contributed by atoms with E-state index in [1.54, 1.807) is 0 Å². The molecule has 4 aromatic carbocycles. The highest BCUT2D eigenvalue weighted by molar-refractivity contribution is 6.01. The maximum atomic E-state index is 6.88. The highest BCUT2D eigenvalue weighted by Crippen LogP contribution is 2.37. The van der Waals surface area contributed by atoms with Crippen LogP contribution in [0, 0.1) is 11.8 Å². The van der Waals surface area contributed by atoms with E-state index in [0.29, 0.717) is 5.92 Å². The summed E-state index contributed by atoms with van der Waals surface area (Å²) in [4.78, 5) is 5.23. The van der Waals surface area contributed by atoms with E-state index in [0.717, 1.165) is 64.7 Å². The number of aliphatic imine (C=N–C) groups is 1. The smallest absolute Gasteiger partial charge is 0.134 e. The fourth-order valence-electron chi connectivity index (χ4n) is 6.75. The highest BCUT2D eigenvalue weighted by Gasteiger charge is 2.30. The van der Waals surface area contributed by atoms with Crippen LogP contribution >= 0.6 is 0 Å². The summed E-state index contributed by atoms with van der Waals surface area (Å²) in [5, 5.41) is 5.91. The predicted molar refractivity (Wildman–Crippen MR) is 185 cm³/mol. The molecule has 5 unspecified atom stereocenters. The van der Waals surface area contributed by atoms with Crippen LogP contribution in [0.4, 0.5) is 0 Å². The number of fused-ring (bicyclic) bond motifs is 1. The van der Waals surface area contributed by atoms with Crippen molar-refractivity contribution >= 4 is 22.2 Å². The average Bonchev–Trinajstić information content (AvgIpc) is 3.12. The maximum absolute atomic E-state index is 6.88. The Balaban J connectivity index is 1.22. The molecule has 0 fully saturated rings. The van der Waals surface area contributed by atoms with Crippen molar-refractivity contribution in [2.24, 2.45) is 28.3 Å². The van der Waals surface area contributed by atoms with Crippen LogP contribution in [0.1, 0.15) is 48.6 Å². The lowest BCUT2D eigenvalue weighted by molar-refractivity contribution is -0.0269. The number of allylic oxidation sites excluding steroid dienone is 4. The summed E-state index contributed by atoms with van der Waals surface area (Å²) >= 11 is 0. The Morgan fingerprint density at radius 1 is 0.778 bits per heavy atom. The molecule has 5 atom stereocenters. The molecule has 3 aliphatic rings. The summed E-state index contributed by atoms with van der Waals surface area (Å²) in [5.74, 6) is 1.29. The molecule has 1 aliphatic heterocycles. The van der Waals surface area contributed by atoms with Gasteiger partial charge in [0.25, 0.3) is 0 Å². The fourth-order valence-corrected chi connectivity index (χ4v) is 6.75. The van der Waals surface area contributed by atoms with Crippen LogP contribution in [0.25, 0.3) is 16.3 Å². The normalized spacial score (nSPS) is 22.8. The third kappa shape index (κ3) is 6.47. The van der Waals surface area contributed by atoms with E-state index in [2.05, 4.69) is 108 Å². The van der Waals surface area contributed by atoms with Crippen molar-refractivity contribution in [3.63, 3.8) is 0 Å². The van der Waals surface area contributed by atoms with Gasteiger partial charge in [0, 0.05) is 22.7 Å². The summed E-state index contributed by atoms with van der Waals surface area (Å²) in [6.45, 7) is 0. The fraction of sp³-hybridized carbons (Fsp3) is 0.225. The molecule has 2 aliphatic carbocycles. The molecule has 5 nitrogen and oxygen atoms in total. The van der Waals surface area contributed by atoms with Gasteiger partial charge in [0.2, 0.25) is 0 Å². The van der Waals surface area contributed by atoms with Crippen molar-refractivity contribution in [1.82, 2.24) is 5.32 Å². The molecule has 0 bridgehead atoms. The van der Waals surface area contributed by atoms with Gasteiger partial charge in [-0.25, -0.2) is 0 Å². The molecule has 0 saturated heterocycles. The van der Waals surface area contributed by atoms with E-state index in [9.17, 15) is 0 Å². The van der Waals surface area contributed by atoms with Crippen molar-refractivity contribution in [1.29, 1.82) is 0 Å². The second-order valence-corrected chi connectivity index (χ2v) is 12.2. The van der Waals surface area contributed by atoms with Crippen LogP contribution in [0.2, 0.25) is 0 Å². The second-order valence-electron chi connectivity index (χ2n) is 12.2. The van der Waals surface area contributed by atoms with Crippen LogP contribution in [0.5, 0.6) is 0 Å². The number of nitrogens with two attached hydrogens (primary N) is 2. The summed E-state index contributed by atoms with van der Waals surface area (Å²) in [6.07, 6.45) is 14.2. The molecule has 226 valence electrons. The van der Waals surface area contributed by atoms with E-state index < -0.39 is 12.5 Å². The Morgan fingerprint density at radius 2 is 1.51 bits per heavy atom. The van der Waals surface area contributed by atoms with Gasteiger partial charge in [-0.3, -0.25) is 4.99 Å². The molecule has 0 amide bonds. The molecule has 1 heterocycles. The third-order valence-corrected chi connectivity index (χ3v) is 9.20. The average molecular weight is 593 g/mol. The predicted octanol–water partition coefficient (Wildman–Crippen LogP) is 7.79. The number of benzene rings is 4. The molecular formula is C40H40N4O. The quantitative estimate of drug-likeness (QED) is 0.144. The SMILES string of the molecule is NC(OC(N)C1C=C(C2=CC(C3CC=CCC3)N=C(c3ccccc3)N2)C=C(c2ccccc2)C1)c1cccc2ccccc12. The number of rotatable bonds is 8. The lowest BCUT2D eigenvalue weighted by atomic mass is 9.83. The first-order valence-electron chi connectivity index (χ1n) is 16.0. The van der Waals surface area contributed by atoms with E-state index in [-0.39, 0.29) is 12.0 Å². The molecule has 0 radical (unpaired) electrons. The van der Waals surface area contributed by atoms with Crippen LogP contribution in [0.3, 0.4) is 0 Å². The Hall–Kier alpha value is -4.55. The zero-order valence-corrected chi connectivity index (χ0v) is 25.4. The molecule has 4 aromatic rings. The molecule has 0 aromatic heterocycles. The molecule has 7 rings (SSSR count). The van der Waals surface area contributed by atoms with Crippen molar-refractivity contribution in [3.8, 4) is 0 Å². The highest BCUT2D eigenvalue weighted by atomic mass is 16.5. The van der Waals surface area contributed by atoms with Gasteiger partial charge in [0.1, 0.15) is 18.3 Å². The summed E-state index contributed by atoms with van der Waals surface area (Å²) < 4.78 is 6.42. The van der Waals surface area contributed by atoms with Gasteiger partial charge in [-0.05, 0) is 71.2 Å². The van der Waals surface area contributed by atoms with Crippen molar-refractivity contribution in [2.75, 3.05) is 0 Å². The van der Waals surface area contributed by atoms with Gasteiger partial charge in [-0.1, -0.05) is 121 Å². The lowest BCUT2D eigenvalue weighted by Crippen LogP contribution is -2.38. The minimum atomic E-state index is -0.651. The van der Waals surface area contributed by atoms with E-state index in [1.807, 2.05) is 30.3 Å². The van der Waals surface area contributed by atoms with Gasteiger partial charge in [-0.15, -0.1) is 0 Å². The number of nitrogens with one attached hydrogen (secondary N) is 1. The molecule has 0 saturated carbocycles. The van der Waals surface area contributed by atoms with E-state index >= 15 is 0 Å². The Kier molecular flexibility index (Phi) is 8.56. The first kappa shape index (κ1) is 29.2. The Morgan fingerprint density at radius 3 is 2.29 bits per heavy atom. The molecule has 5 heteroatoms. The monoisotopic (exact) mass is 592 g/mol. The Labute approximate surface area is 265 Å². The summed E-state index contributed by atoms with van der Waals surface area (Å²) in [6, 6.07) is 35.4. The topological polar surface area (TPSA) is 85.7 Å². The number of ether oxygens (including phenoxy) is 1. The zero-order chi connectivity index (χ0) is 30.6. The van der Waals surface area contributed by atoms with Crippen molar-refractivity contribution in [2.45, 2.75) is 44.2 Å².